The predicted octanol–water partition coefficient (Wildman–Crippen LogP) is 3.70. The Kier molecular flexibility index (Phi) is 5.07. The second-order valence-electron chi connectivity index (χ2n) is 5.88. The van der Waals surface area contributed by atoms with Crippen LogP contribution in [0.4, 0.5) is 15.8 Å². The molecule has 0 aliphatic carbocycles. The molecule has 0 atom stereocenters. The molecule has 1 saturated heterocycles. The zero-order chi connectivity index (χ0) is 17.8. The number of carbonyl (C=O) groups is 1. The van der Waals surface area contributed by atoms with Gasteiger partial charge in [0.05, 0.1) is 19.9 Å². The number of hydrogen-bond donors (Lipinski definition) is 1. The molecule has 0 saturated carbocycles. The lowest BCUT2D eigenvalue weighted by Crippen LogP contribution is -2.19. The van der Waals surface area contributed by atoms with Crippen molar-refractivity contribution in [3.8, 4) is 11.5 Å². The number of amides is 1. The summed E-state index contributed by atoms with van der Waals surface area (Å²) >= 11 is 0. The van der Waals surface area contributed by atoms with E-state index in [1.807, 2.05) is 0 Å². The summed E-state index contributed by atoms with van der Waals surface area (Å²) < 4.78 is 24.5. The van der Waals surface area contributed by atoms with Gasteiger partial charge in [-0.2, -0.15) is 0 Å². The lowest BCUT2D eigenvalue weighted by atomic mass is 10.1. The topological polar surface area (TPSA) is 50.8 Å². The highest BCUT2D eigenvalue weighted by atomic mass is 19.1. The van der Waals surface area contributed by atoms with Gasteiger partial charge in [0.2, 0.25) is 0 Å². The second kappa shape index (κ2) is 7.42. The quantitative estimate of drug-likeness (QED) is 0.899. The van der Waals surface area contributed by atoms with Crippen molar-refractivity contribution in [2.45, 2.75) is 12.8 Å². The van der Waals surface area contributed by atoms with Crippen molar-refractivity contribution < 1.29 is 18.7 Å². The number of anilines is 2. The molecule has 2 aromatic rings. The minimum absolute atomic E-state index is 0.171. The number of rotatable bonds is 5. The van der Waals surface area contributed by atoms with Gasteiger partial charge < -0.3 is 19.7 Å². The van der Waals surface area contributed by atoms with E-state index in [0.717, 1.165) is 31.6 Å². The summed E-state index contributed by atoms with van der Waals surface area (Å²) in [4.78, 5) is 14.7. The van der Waals surface area contributed by atoms with Crippen LogP contribution < -0.4 is 19.7 Å². The van der Waals surface area contributed by atoms with Crippen molar-refractivity contribution in [3.63, 3.8) is 0 Å². The number of nitrogens with zero attached hydrogens (tertiary/aromatic N) is 1. The first-order valence-corrected chi connectivity index (χ1v) is 8.20. The van der Waals surface area contributed by atoms with E-state index in [4.69, 9.17) is 9.47 Å². The maximum atomic E-state index is 14.1. The molecule has 132 valence electrons. The number of halogens is 1. The van der Waals surface area contributed by atoms with E-state index in [-0.39, 0.29) is 5.69 Å². The van der Waals surface area contributed by atoms with E-state index in [2.05, 4.69) is 10.2 Å². The molecule has 1 aliphatic heterocycles. The fourth-order valence-electron chi connectivity index (χ4n) is 2.95. The summed E-state index contributed by atoms with van der Waals surface area (Å²) in [5.41, 5.74) is 1.45. The first kappa shape index (κ1) is 17.1. The van der Waals surface area contributed by atoms with Crippen molar-refractivity contribution in [3.05, 3.63) is 47.8 Å². The van der Waals surface area contributed by atoms with Gasteiger partial charge in [-0.05, 0) is 49.2 Å². The Morgan fingerprint density at radius 3 is 2.44 bits per heavy atom. The number of benzene rings is 2. The second-order valence-corrected chi connectivity index (χ2v) is 5.88. The molecule has 2 aromatic carbocycles. The molecule has 0 spiro atoms. The smallest absolute Gasteiger partial charge is 0.255 e. The third kappa shape index (κ3) is 3.68. The Morgan fingerprint density at radius 2 is 1.76 bits per heavy atom. The van der Waals surface area contributed by atoms with Gasteiger partial charge in [-0.3, -0.25) is 4.79 Å². The van der Waals surface area contributed by atoms with Gasteiger partial charge in [0.1, 0.15) is 5.82 Å². The van der Waals surface area contributed by atoms with Gasteiger partial charge in [0, 0.05) is 24.3 Å². The van der Waals surface area contributed by atoms with Crippen molar-refractivity contribution in [1.29, 1.82) is 0 Å². The molecule has 6 heteroatoms. The lowest BCUT2D eigenvalue weighted by molar-refractivity contribution is 0.102. The highest BCUT2D eigenvalue weighted by Gasteiger charge is 2.16. The zero-order valence-electron chi connectivity index (χ0n) is 14.3. The molecule has 0 bridgehead atoms. The van der Waals surface area contributed by atoms with E-state index in [1.54, 1.807) is 30.3 Å². The van der Waals surface area contributed by atoms with E-state index >= 15 is 0 Å². The number of methoxy groups -OCH3 is 2. The van der Waals surface area contributed by atoms with Crippen LogP contribution >= 0.6 is 0 Å². The minimum Gasteiger partial charge on any atom is -0.493 e. The molecule has 1 heterocycles. The zero-order valence-corrected chi connectivity index (χ0v) is 14.3. The molecular formula is C19H21FN2O3. The van der Waals surface area contributed by atoms with Crippen LogP contribution in [0, 0.1) is 5.82 Å². The van der Waals surface area contributed by atoms with Crippen LogP contribution in [-0.4, -0.2) is 33.2 Å². The monoisotopic (exact) mass is 344 g/mol. The average Bonchev–Trinajstić information content (AvgIpc) is 3.17. The summed E-state index contributed by atoms with van der Waals surface area (Å²) in [6.07, 6.45) is 2.26. The van der Waals surface area contributed by atoms with Crippen molar-refractivity contribution in [2.75, 3.05) is 37.5 Å². The molecule has 1 fully saturated rings. The Hall–Kier alpha value is -2.76. The Balaban J connectivity index is 1.81. The van der Waals surface area contributed by atoms with Crippen LogP contribution in [0.2, 0.25) is 0 Å². The van der Waals surface area contributed by atoms with E-state index < -0.39 is 11.7 Å². The molecule has 0 unspecified atom stereocenters. The van der Waals surface area contributed by atoms with Crippen LogP contribution in [0.25, 0.3) is 0 Å². The van der Waals surface area contributed by atoms with Crippen LogP contribution in [0.5, 0.6) is 11.5 Å². The fourth-order valence-corrected chi connectivity index (χ4v) is 2.95. The first-order valence-electron chi connectivity index (χ1n) is 8.20. The molecule has 1 amide bonds. The van der Waals surface area contributed by atoms with Gasteiger partial charge in [0.25, 0.3) is 5.91 Å². The Labute approximate surface area is 146 Å². The summed E-state index contributed by atoms with van der Waals surface area (Å²) in [5, 5.41) is 2.64. The van der Waals surface area contributed by atoms with Gasteiger partial charge in [-0.1, -0.05) is 0 Å². The lowest BCUT2D eigenvalue weighted by Gasteiger charge is -2.19. The number of carbonyl (C=O) groups excluding carboxylic acids is 1. The fraction of sp³-hybridized carbons (Fsp3) is 0.316. The minimum atomic E-state index is -0.461. The summed E-state index contributed by atoms with van der Waals surface area (Å²) in [5.74, 6) is 0.109. The van der Waals surface area contributed by atoms with E-state index in [0.29, 0.717) is 17.1 Å². The summed E-state index contributed by atoms with van der Waals surface area (Å²) in [6.45, 7) is 1.91. The maximum Gasteiger partial charge on any atom is 0.255 e. The SMILES string of the molecule is COc1ccc(C(=O)Nc2cc(N3CCCC3)ccc2F)cc1OC. The number of nitrogens with one attached hydrogen (secondary N) is 1. The summed E-state index contributed by atoms with van der Waals surface area (Å²) in [7, 11) is 3.02. The highest BCUT2D eigenvalue weighted by molar-refractivity contribution is 6.05. The third-order valence-corrected chi connectivity index (χ3v) is 4.32. The Morgan fingerprint density at radius 1 is 1.04 bits per heavy atom. The normalized spacial score (nSPS) is 13.6. The maximum absolute atomic E-state index is 14.1. The predicted molar refractivity (Wildman–Crippen MR) is 95.3 cm³/mol. The van der Waals surface area contributed by atoms with Crippen LogP contribution in [-0.2, 0) is 0 Å². The van der Waals surface area contributed by atoms with Crippen molar-refractivity contribution in [1.82, 2.24) is 0 Å². The largest absolute Gasteiger partial charge is 0.493 e. The van der Waals surface area contributed by atoms with Crippen LogP contribution in [0.3, 0.4) is 0 Å². The molecular weight excluding hydrogens is 323 g/mol. The van der Waals surface area contributed by atoms with Crippen molar-refractivity contribution in [2.24, 2.45) is 0 Å². The summed E-state index contributed by atoms with van der Waals surface area (Å²) in [6, 6.07) is 9.63. The molecule has 0 aromatic heterocycles. The highest BCUT2D eigenvalue weighted by Crippen LogP contribution is 2.29. The van der Waals surface area contributed by atoms with E-state index in [1.165, 1.54) is 20.3 Å². The van der Waals surface area contributed by atoms with Gasteiger partial charge in [-0.15, -0.1) is 0 Å². The molecule has 5 nitrogen and oxygen atoms in total. The molecule has 25 heavy (non-hydrogen) atoms. The average molecular weight is 344 g/mol. The van der Waals surface area contributed by atoms with Gasteiger partial charge >= 0.3 is 0 Å². The van der Waals surface area contributed by atoms with E-state index in [9.17, 15) is 9.18 Å². The first-order chi connectivity index (χ1) is 12.1. The molecule has 1 N–H and O–H groups in total. The Bertz CT molecular complexity index is 773. The van der Waals surface area contributed by atoms with Gasteiger partial charge in [0.15, 0.2) is 11.5 Å². The standard InChI is InChI=1S/C19H21FN2O3/c1-24-17-8-5-13(11-18(17)25-2)19(23)21-16-12-14(6-7-15(16)20)22-9-3-4-10-22/h5-8,11-12H,3-4,9-10H2,1-2H3,(H,21,23). The third-order valence-electron chi connectivity index (χ3n) is 4.32. The molecule has 0 radical (unpaired) electrons. The molecule has 1 aliphatic rings. The van der Waals surface area contributed by atoms with Gasteiger partial charge in [-0.25, -0.2) is 4.39 Å². The number of hydrogen-bond acceptors (Lipinski definition) is 4. The van der Waals surface area contributed by atoms with Crippen LogP contribution in [0.1, 0.15) is 23.2 Å². The van der Waals surface area contributed by atoms with Crippen molar-refractivity contribution >= 4 is 17.3 Å². The number of ether oxygens (including phenoxy) is 2. The molecule has 3 rings (SSSR count). The van der Waals surface area contributed by atoms with Crippen LogP contribution in [0.15, 0.2) is 36.4 Å².